The molecule has 0 aromatic heterocycles. The molecule has 0 aromatic carbocycles. The summed E-state index contributed by atoms with van der Waals surface area (Å²) in [6.07, 6.45) is 0. The number of hydrogen-bond donors (Lipinski definition) is 0. The van der Waals surface area contributed by atoms with Gasteiger partial charge in [0.15, 0.2) is 0 Å². The summed E-state index contributed by atoms with van der Waals surface area (Å²) in [5.41, 5.74) is 0. The van der Waals surface area contributed by atoms with E-state index in [1.54, 1.807) is 0 Å². The molecule has 0 fully saturated rings. The van der Waals surface area contributed by atoms with Crippen molar-refractivity contribution < 1.29 is 16.8 Å². The van der Waals surface area contributed by atoms with Gasteiger partial charge in [0.05, 0.1) is 0 Å². The van der Waals surface area contributed by atoms with E-state index in [1.807, 2.05) is 0 Å². The molecular formula is H4CoN3O2-. The van der Waals surface area contributed by atoms with Crippen molar-refractivity contribution in [2.45, 2.75) is 0 Å². The Morgan fingerprint density at radius 2 is 1.33 bits per heavy atom. The zero-order valence-corrected chi connectivity index (χ0v) is 3.79. The molecule has 5 nitrogen and oxygen atoms in total. The first-order valence-electron chi connectivity index (χ1n) is 0.365. The molecule has 4 N–H and O–H groups in total. The van der Waals surface area contributed by atoms with E-state index in [4.69, 9.17) is 10.1 Å². The molecule has 0 saturated heterocycles. The monoisotopic (exact) mass is 137 g/mol. The minimum Gasteiger partial charge on any atom is -0.693 e. The maximum absolute atomic E-state index is 8.00. The molecule has 0 spiro atoms. The summed E-state index contributed by atoms with van der Waals surface area (Å²) in [4.78, 5) is 8.00. The molecule has 0 atom stereocenters. The summed E-state index contributed by atoms with van der Waals surface area (Å²) in [7, 11) is 0. The van der Waals surface area contributed by atoms with Crippen molar-refractivity contribution in [3.63, 3.8) is 0 Å². The van der Waals surface area contributed by atoms with Crippen molar-refractivity contribution in [2.24, 2.45) is 5.34 Å². The van der Waals surface area contributed by atoms with Crippen molar-refractivity contribution >= 4 is 0 Å². The third kappa shape index (κ3) is 1020. The zero-order chi connectivity index (χ0) is 2.71. The predicted octanol–water partition coefficient (Wildman–Crippen LogP) is 1.68. The van der Waals surface area contributed by atoms with Crippen LogP contribution in [0.1, 0.15) is 0 Å². The standard InChI is InChI=1S/Co.HNO2.2H2N/c;2-1-3;;/h;(H,2,3);2*1H2/q+2;;2*-1/p-1. The number of rotatable bonds is 0. The molecule has 41 valence electrons. The Morgan fingerprint density at radius 1 is 1.33 bits per heavy atom. The van der Waals surface area contributed by atoms with Gasteiger partial charge in [-0.2, -0.15) is 0 Å². The Hall–Kier alpha value is -0.174. The first-order valence-corrected chi connectivity index (χ1v) is 0.365. The molecule has 1 radical (unpaired) electrons. The van der Waals surface area contributed by atoms with Crippen molar-refractivity contribution in [2.75, 3.05) is 0 Å². The molecule has 0 amide bonds. The van der Waals surface area contributed by atoms with Gasteiger partial charge in [-0.15, -0.1) is 5.34 Å². The van der Waals surface area contributed by atoms with E-state index in [-0.39, 0.29) is 29.1 Å². The van der Waals surface area contributed by atoms with Gasteiger partial charge in [-0.25, -0.2) is 0 Å². The Labute approximate surface area is 45.4 Å². The molecule has 0 bridgehead atoms. The summed E-state index contributed by atoms with van der Waals surface area (Å²) in [5.74, 6) is 0. The van der Waals surface area contributed by atoms with Gasteiger partial charge in [0.2, 0.25) is 0 Å². The fourth-order valence-electron chi connectivity index (χ4n) is 0. The molecule has 6 heavy (non-hydrogen) atoms. The first kappa shape index (κ1) is 40.7. The van der Waals surface area contributed by atoms with Gasteiger partial charge in [0.25, 0.3) is 0 Å². The summed E-state index contributed by atoms with van der Waals surface area (Å²) in [6.45, 7) is 0. The Bertz CT molecular complexity index is 16.3. The van der Waals surface area contributed by atoms with Crippen molar-refractivity contribution in [1.82, 2.24) is 0 Å². The van der Waals surface area contributed by atoms with E-state index in [1.165, 1.54) is 0 Å². The average molecular weight is 137 g/mol. The quantitative estimate of drug-likeness (QED) is 0.372. The van der Waals surface area contributed by atoms with Crippen LogP contribution in [0.3, 0.4) is 0 Å². The van der Waals surface area contributed by atoms with Gasteiger partial charge in [0.1, 0.15) is 0 Å². The molecule has 0 heterocycles. The summed E-state index contributed by atoms with van der Waals surface area (Å²) >= 11 is 0. The molecular weight excluding hydrogens is 133 g/mol. The molecule has 6 heteroatoms. The SMILES string of the molecule is O=N[O-].[Co+2].[NH2-].[NH2-]. The van der Waals surface area contributed by atoms with Crippen LogP contribution in [0.4, 0.5) is 0 Å². The zero-order valence-electron chi connectivity index (χ0n) is 2.75. The van der Waals surface area contributed by atoms with E-state index in [9.17, 15) is 0 Å². The number of nitrogens with two attached hydrogens (primary N) is 2. The maximum atomic E-state index is 8.00. The third-order valence-corrected chi connectivity index (χ3v) is 0. The topological polar surface area (TPSA) is 119 Å². The van der Waals surface area contributed by atoms with Gasteiger partial charge in [0, 0.05) is 0 Å². The van der Waals surface area contributed by atoms with Crippen LogP contribution in [0, 0.1) is 10.1 Å². The molecule has 0 rings (SSSR count). The van der Waals surface area contributed by atoms with Gasteiger partial charge in [-0.05, 0) is 0 Å². The van der Waals surface area contributed by atoms with Crippen molar-refractivity contribution in [3.05, 3.63) is 22.4 Å². The van der Waals surface area contributed by atoms with Gasteiger partial charge in [-0.1, -0.05) is 0 Å². The Kier molecular flexibility index (Phi) is 702. The second-order valence-electron chi connectivity index (χ2n) is 0.0745. The average Bonchev–Trinajstić information content (AvgIpc) is 0.918. The third-order valence-electron chi connectivity index (χ3n) is 0. The van der Waals surface area contributed by atoms with E-state index in [0.717, 1.165) is 5.34 Å². The van der Waals surface area contributed by atoms with Gasteiger partial charge < -0.3 is 22.4 Å². The van der Waals surface area contributed by atoms with Crippen LogP contribution in [0.15, 0.2) is 5.34 Å². The van der Waals surface area contributed by atoms with Crippen LogP contribution in [0.2, 0.25) is 0 Å². The van der Waals surface area contributed by atoms with Crippen LogP contribution in [-0.4, -0.2) is 0 Å². The Balaban J connectivity index is -0.00000000667. The van der Waals surface area contributed by atoms with E-state index in [2.05, 4.69) is 0 Å². The predicted molar refractivity (Wildman–Crippen MR) is 19.7 cm³/mol. The van der Waals surface area contributed by atoms with Crippen molar-refractivity contribution in [1.29, 1.82) is 0 Å². The van der Waals surface area contributed by atoms with Crippen LogP contribution in [-0.2, 0) is 16.8 Å². The molecule has 0 aliphatic carbocycles. The minimum absolute atomic E-state index is 0. The van der Waals surface area contributed by atoms with E-state index >= 15 is 0 Å². The second kappa shape index (κ2) is 103. The summed E-state index contributed by atoms with van der Waals surface area (Å²) in [6, 6.07) is 0. The smallest absolute Gasteiger partial charge is 0.693 e. The fraction of sp³-hybridized carbons (Fsp3) is 0. The maximum Gasteiger partial charge on any atom is 2.00 e. The van der Waals surface area contributed by atoms with E-state index in [0.29, 0.717) is 0 Å². The molecule has 0 saturated carbocycles. The largest absolute Gasteiger partial charge is 2.00 e. The minimum atomic E-state index is 0. The fourth-order valence-corrected chi connectivity index (χ4v) is 0. The van der Waals surface area contributed by atoms with E-state index < -0.39 is 0 Å². The van der Waals surface area contributed by atoms with Gasteiger partial charge >= 0.3 is 16.8 Å². The van der Waals surface area contributed by atoms with Crippen LogP contribution < -0.4 is 0 Å². The second-order valence-corrected chi connectivity index (χ2v) is 0.0745. The summed E-state index contributed by atoms with van der Waals surface area (Å²) in [5, 5.41) is 9.00. The summed E-state index contributed by atoms with van der Waals surface area (Å²) < 4.78 is 0. The molecule has 0 unspecified atom stereocenters. The molecule has 0 aromatic rings. The Morgan fingerprint density at radius 3 is 1.33 bits per heavy atom. The number of nitrogens with zero attached hydrogens (tertiary/aromatic N) is 1. The molecule has 0 aliphatic rings. The van der Waals surface area contributed by atoms with Crippen LogP contribution in [0.25, 0.3) is 12.3 Å². The normalized spacial score (nSPS) is 2.00. The molecule has 0 aliphatic heterocycles. The first-order chi connectivity index (χ1) is 1.41. The van der Waals surface area contributed by atoms with Gasteiger partial charge in [-0.3, -0.25) is 0 Å². The van der Waals surface area contributed by atoms with Crippen LogP contribution in [0.5, 0.6) is 0 Å². The van der Waals surface area contributed by atoms with Crippen molar-refractivity contribution in [3.8, 4) is 0 Å². The van der Waals surface area contributed by atoms with Crippen LogP contribution >= 0.6 is 0 Å². The number of hydrogen-bond acceptors (Lipinski definition) is 3.